The van der Waals surface area contributed by atoms with Gasteiger partial charge in [0.05, 0.1) is 35.4 Å². The maximum atomic E-state index is 12.2. The molecule has 1 fully saturated rings. The third-order valence-electron chi connectivity index (χ3n) is 5.01. The van der Waals surface area contributed by atoms with Gasteiger partial charge in [0.15, 0.2) is 5.76 Å². The summed E-state index contributed by atoms with van der Waals surface area (Å²) in [6, 6.07) is 11.0. The Morgan fingerprint density at radius 3 is 2.74 bits per heavy atom. The molecule has 0 saturated carbocycles. The molecule has 2 aromatic rings. The number of benzene rings is 1. The van der Waals surface area contributed by atoms with Crippen LogP contribution in [0.25, 0.3) is 5.57 Å². The van der Waals surface area contributed by atoms with Crippen molar-refractivity contribution in [3.8, 4) is 0 Å². The Morgan fingerprint density at radius 1 is 1.41 bits per heavy atom. The van der Waals surface area contributed by atoms with Crippen LogP contribution in [0.3, 0.4) is 0 Å². The molecule has 3 heterocycles. The average Bonchev–Trinajstić information content (AvgIpc) is 3.17. The predicted molar refractivity (Wildman–Crippen MR) is 88.1 cm³/mol. The van der Waals surface area contributed by atoms with Crippen molar-refractivity contribution in [2.75, 3.05) is 0 Å². The van der Waals surface area contributed by atoms with Crippen molar-refractivity contribution < 1.29 is 53.9 Å². The van der Waals surface area contributed by atoms with Crippen LogP contribution in [0.5, 0.6) is 0 Å². The third-order valence-corrected chi connectivity index (χ3v) is 5.01. The molecule has 1 aromatic carbocycles. The summed E-state index contributed by atoms with van der Waals surface area (Å²) in [6.45, 7) is 1.53. The van der Waals surface area contributed by atoms with E-state index in [4.69, 9.17) is 4.52 Å². The van der Waals surface area contributed by atoms with E-state index in [0.29, 0.717) is 29.9 Å². The first kappa shape index (κ1) is 19.8. The first-order valence-corrected chi connectivity index (χ1v) is 8.43. The fourth-order valence-electron chi connectivity index (χ4n) is 3.82. The van der Waals surface area contributed by atoms with E-state index in [1.165, 1.54) is 11.8 Å². The number of fused-ring (bicyclic) bond motifs is 1. The standard InChI is InChI=1S/C19H18N2O5.Na/c1-10(22)16-14-9-13(17(19(24)25)21(14)18(16)23)15-8-12(20-26-15)7-11-5-3-2-4-6-11;/h2-6,8,10,14,16,22H,7,9H2,1H3,(H,24,25);/q;+1/p-1/t10-,14-,16-;/m1./s1. The van der Waals surface area contributed by atoms with Gasteiger partial charge in [0.1, 0.15) is 0 Å². The predicted octanol–water partition coefficient (Wildman–Crippen LogP) is -2.66. The van der Waals surface area contributed by atoms with Crippen LogP contribution in [-0.2, 0) is 16.0 Å². The first-order valence-electron chi connectivity index (χ1n) is 8.43. The largest absolute Gasteiger partial charge is 1.00 e. The molecule has 3 atom stereocenters. The molecule has 1 N–H and O–H groups in total. The van der Waals surface area contributed by atoms with E-state index in [9.17, 15) is 19.8 Å². The fourth-order valence-corrected chi connectivity index (χ4v) is 3.82. The van der Waals surface area contributed by atoms with Crippen LogP contribution in [0, 0.1) is 5.92 Å². The Kier molecular flexibility index (Phi) is 5.58. The van der Waals surface area contributed by atoms with Gasteiger partial charge in [-0.1, -0.05) is 35.5 Å². The van der Waals surface area contributed by atoms with Crippen molar-refractivity contribution in [3.63, 3.8) is 0 Å². The third kappa shape index (κ3) is 3.36. The van der Waals surface area contributed by atoms with Gasteiger partial charge in [0.25, 0.3) is 0 Å². The number of hydrogen-bond donors (Lipinski definition) is 1. The number of rotatable bonds is 5. The van der Waals surface area contributed by atoms with E-state index in [-0.39, 0.29) is 41.3 Å². The SMILES string of the molecule is C[C@@H](O)[C@H]1C(=O)N2C(C(=O)[O-])=C(c3cc(Cc4ccccc4)no3)C[C@H]12.[Na+]. The average molecular weight is 376 g/mol. The van der Waals surface area contributed by atoms with Crippen LogP contribution in [0.4, 0.5) is 0 Å². The Balaban J connectivity index is 0.00000210. The van der Waals surface area contributed by atoms with Gasteiger partial charge in [-0.25, -0.2) is 0 Å². The summed E-state index contributed by atoms with van der Waals surface area (Å²) >= 11 is 0. The Morgan fingerprint density at radius 2 is 2.11 bits per heavy atom. The number of aliphatic hydroxyl groups excluding tert-OH is 1. The quantitative estimate of drug-likeness (QED) is 0.451. The van der Waals surface area contributed by atoms with Crippen LogP contribution < -0.4 is 34.7 Å². The van der Waals surface area contributed by atoms with Gasteiger partial charge in [0.2, 0.25) is 5.91 Å². The van der Waals surface area contributed by atoms with Gasteiger partial charge in [0, 0.05) is 24.5 Å². The molecule has 4 rings (SSSR count). The van der Waals surface area contributed by atoms with Crippen molar-refractivity contribution in [2.24, 2.45) is 5.92 Å². The Labute approximate surface area is 177 Å². The monoisotopic (exact) mass is 376 g/mol. The second kappa shape index (κ2) is 7.59. The minimum atomic E-state index is -1.43. The first-order chi connectivity index (χ1) is 12.5. The second-order valence-electron chi connectivity index (χ2n) is 6.71. The summed E-state index contributed by atoms with van der Waals surface area (Å²) in [5.74, 6) is -2.11. The molecule has 0 spiro atoms. The van der Waals surface area contributed by atoms with Crippen LogP contribution in [0.15, 0.2) is 46.6 Å². The van der Waals surface area contributed by atoms with E-state index in [0.717, 1.165) is 5.56 Å². The molecular weight excluding hydrogens is 359 g/mol. The summed E-state index contributed by atoms with van der Waals surface area (Å²) in [4.78, 5) is 25.0. The number of aromatic nitrogens is 1. The zero-order valence-corrected chi connectivity index (χ0v) is 17.1. The van der Waals surface area contributed by atoms with E-state index < -0.39 is 23.9 Å². The smallest absolute Gasteiger partial charge is 0.543 e. The van der Waals surface area contributed by atoms with E-state index >= 15 is 0 Å². The molecule has 1 aromatic heterocycles. The van der Waals surface area contributed by atoms with Gasteiger partial charge in [-0.2, -0.15) is 0 Å². The summed E-state index contributed by atoms with van der Waals surface area (Å²) < 4.78 is 5.36. The number of hydrogen-bond acceptors (Lipinski definition) is 6. The van der Waals surface area contributed by atoms with Crippen molar-refractivity contribution >= 4 is 17.4 Å². The summed E-state index contributed by atoms with van der Waals surface area (Å²) in [6.07, 6.45) is 0.0140. The number of carbonyl (C=O) groups excluding carboxylic acids is 2. The van der Waals surface area contributed by atoms with Crippen LogP contribution in [0.1, 0.15) is 30.4 Å². The van der Waals surface area contributed by atoms with E-state index in [2.05, 4.69) is 5.16 Å². The van der Waals surface area contributed by atoms with E-state index in [1.807, 2.05) is 30.3 Å². The number of carboxylic acid groups (broad SMARTS) is 1. The molecule has 134 valence electrons. The number of carboxylic acids is 1. The van der Waals surface area contributed by atoms with Crippen LogP contribution in [-0.4, -0.2) is 39.2 Å². The molecule has 0 unspecified atom stereocenters. The van der Waals surface area contributed by atoms with Crippen molar-refractivity contribution in [3.05, 3.63) is 59.1 Å². The summed E-state index contributed by atoms with van der Waals surface area (Å²) in [5.41, 5.74) is 1.93. The number of β-lactam (4-membered cyclic amide) rings is 1. The van der Waals surface area contributed by atoms with Gasteiger partial charge < -0.3 is 24.4 Å². The zero-order valence-electron chi connectivity index (χ0n) is 15.1. The van der Waals surface area contributed by atoms with Gasteiger partial charge >= 0.3 is 29.6 Å². The van der Waals surface area contributed by atoms with Gasteiger partial charge in [-0.15, -0.1) is 0 Å². The van der Waals surface area contributed by atoms with E-state index in [1.54, 1.807) is 6.07 Å². The van der Waals surface area contributed by atoms with Gasteiger partial charge in [-0.3, -0.25) is 4.79 Å². The van der Waals surface area contributed by atoms with Crippen LogP contribution >= 0.6 is 0 Å². The van der Waals surface area contributed by atoms with Crippen molar-refractivity contribution in [1.82, 2.24) is 10.1 Å². The molecule has 1 saturated heterocycles. The topological polar surface area (TPSA) is 107 Å². The zero-order chi connectivity index (χ0) is 18.4. The maximum absolute atomic E-state index is 12.2. The number of nitrogens with zero attached hydrogens (tertiary/aromatic N) is 2. The summed E-state index contributed by atoms with van der Waals surface area (Å²) in [5, 5.41) is 25.4. The molecule has 8 heteroatoms. The number of aliphatic carboxylic acids is 1. The fraction of sp³-hybridized carbons (Fsp3) is 0.316. The molecule has 2 aliphatic heterocycles. The van der Waals surface area contributed by atoms with Gasteiger partial charge in [-0.05, 0) is 12.5 Å². The molecule has 0 aliphatic carbocycles. The summed E-state index contributed by atoms with van der Waals surface area (Å²) in [7, 11) is 0. The molecule has 0 radical (unpaired) electrons. The molecule has 2 aliphatic rings. The minimum absolute atomic E-state index is 0. The number of carbonyl (C=O) groups is 2. The van der Waals surface area contributed by atoms with Crippen molar-refractivity contribution in [1.29, 1.82) is 0 Å². The maximum Gasteiger partial charge on any atom is 1.00 e. The molecule has 1 amide bonds. The molecule has 0 bridgehead atoms. The number of amides is 1. The molecule has 27 heavy (non-hydrogen) atoms. The number of aliphatic hydroxyl groups is 1. The van der Waals surface area contributed by atoms with Crippen molar-refractivity contribution in [2.45, 2.75) is 31.9 Å². The molecule has 7 nitrogen and oxygen atoms in total. The normalized spacial score (nSPS) is 22.1. The Bertz CT molecular complexity index is 906. The van der Waals surface area contributed by atoms with Crippen LogP contribution in [0.2, 0.25) is 0 Å². The minimum Gasteiger partial charge on any atom is -0.543 e. The second-order valence-corrected chi connectivity index (χ2v) is 6.71. The Hall–Kier alpha value is -1.93. The molecular formula is C19H17N2NaO5.